The molecule has 0 bridgehead atoms. The second kappa shape index (κ2) is 9.25. The molecule has 4 aromatic carbocycles. The second-order valence-electron chi connectivity index (χ2n) is 10.6. The minimum atomic E-state index is -1.66. The van der Waals surface area contributed by atoms with E-state index >= 15 is 0 Å². The summed E-state index contributed by atoms with van der Waals surface area (Å²) < 4.78 is 19.8. The van der Waals surface area contributed by atoms with Crippen LogP contribution in [0.1, 0.15) is 48.1 Å². The van der Waals surface area contributed by atoms with E-state index in [1.165, 1.54) is 19.2 Å². The summed E-state index contributed by atoms with van der Waals surface area (Å²) in [5, 5.41) is 0.420. The molecular formula is C34H23ClFNO4. The molecular weight excluding hydrogens is 541 g/mol. The van der Waals surface area contributed by atoms with Gasteiger partial charge in [-0.25, -0.2) is 4.39 Å². The average Bonchev–Trinajstić information content (AvgIpc) is 3.42. The maximum Gasteiger partial charge on any atom is 0.186 e. The molecule has 7 rings (SSSR count). The lowest BCUT2D eigenvalue weighted by Crippen LogP contribution is -2.48. The summed E-state index contributed by atoms with van der Waals surface area (Å²) in [7, 11) is 1.52. The van der Waals surface area contributed by atoms with Crippen molar-refractivity contribution >= 4 is 40.7 Å². The van der Waals surface area contributed by atoms with Crippen LogP contribution in [0.25, 0.3) is 6.08 Å². The highest BCUT2D eigenvalue weighted by Gasteiger charge is 2.71. The molecule has 2 heterocycles. The molecule has 3 aliphatic rings. The first-order chi connectivity index (χ1) is 19.9. The smallest absolute Gasteiger partial charge is 0.186 e. The largest absolute Gasteiger partial charge is 0.497 e. The molecule has 1 saturated heterocycles. The van der Waals surface area contributed by atoms with Gasteiger partial charge >= 0.3 is 0 Å². The van der Waals surface area contributed by atoms with Gasteiger partial charge in [-0.1, -0.05) is 72.3 Å². The number of fused-ring (bicyclic) bond motifs is 5. The predicted molar refractivity (Wildman–Crippen MR) is 155 cm³/mol. The third kappa shape index (κ3) is 3.50. The van der Waals surface area contributed by atoms with Gasteiger partial charge in [-0.3, -0.25) is 14.4 Å². The van der Waals surface area contributed by atoms with Crippen LogP contribution in [-0.4, -0.2) is 36.5 Å². The minimum Gasteiger partial charge on any atom is -0.497 e. The highest BCUT2D eigenvalue weighted by Crippen LogP contribution is 2.61. The van der Waals surface area contributed by atoms with Crippen LogP contribution in [0.5, 0.6) is 5.75 Å². The highest BCUT2D eigenvalue weighted by molar-refractivity contribution is 6.33. The number of Topliss-reactive ketones (excluding diaryl/α,β-unsaturated/α-hetero) is 3. The summed E-state index contributed by atoms with van der Waals surface area (Å²) in [5.41, 5.74) is 1.10. The normalized spacial score (nSPS) is 21.5. The quantitative estimate of drug-likeness (QED) is 0.202. The van der Waals surface area contributed by atoms with Gasteiger partial charge in [0.15, 0.2) is 17.3 Å². The van der Waals surface area contributed by atoms with Crippen LogP contribution in [0.3, 0.4) is 0 Å². The predicted octanol–water partition coefficient (Wildman–Crippen LogP) is 6.80. The van der Waals surface area contributed by atoms with Crippen molar-refractivity contribution < 1.29 is 23.5 Å². The Hall–Kier alpha value is -4.55. The summed E-state index contributed by atoms with van der Waals surface area (Å²) in [5.74, 6) is -1.80. The Morgan fingerprint density at radius 1 is 0.902 bits per heavy atom. The van der Waals surface area contributed by atoms with Gasteiger partial charge in [0.1, 0.15) is 23.0 Å². The lowest BCUT2D eigenvalue weighted by Gasteiger charge is -2.37. The number of rotatable bonds is 4. The number of ether oxygens (including phenoxy) is 1. The van der Waals surface area contributed by atoms with E-state index in [0.29, 0.717) is 44.3 Å². The average molecular weight is 564 g/mol. The molecule has 5 nitrogen and oxygen atoms in total. The van der Waals surface area contributed by atoms with Gasteiger partial charge in [0, 0.05) is 38.9 Å². The number of carbonyl (C=O) groups excluding carboxylic acids is 3. The molecule has 41 heavy (non-hydrogen) atoms. The monoisotopic (exact) mass is 563 g/mol. The Morgan fingerprint density at radius 2 is 1.63 bits per heavy atom. The fraction of sp³-hybridized carbons (Fsp3) is 0.147. The molecule has 7 heteroatoms. The van der Waals surface area contributed by atoms with E-state index in [0.717, 1.165) is 0 Å². The van der Waals surface area contributed by atoms with Gasteiger partial charge in [-0.15, -0.1) is 0 Å². The number of hydrogen-bond acceptors (Lipinski definition) is 5. The van der Waals surface area contributed by atoms with E-state index in [2.05, 4.69) is 0 Å². The molecule has 0 aromatic heterocycles. The number of nitrogens with zero attached hydrogens (tertiary/aromatic N) is 1. The Kier molecular flexibility index (Phi) is 5.73. The third-order valence-corrected chi connectivity index (χ3v) is 8.83. The van der Waals surface area contributed by atoms with E-state index < -0.39 is 29.2 Å². The molecule has 1 aliphatic carbocycles. The Labute approximate surface area is 240 Å². The first kappa shape index (κ1) is 25.4. The molecule has 0 saturated carbocycles. The van der Waals surface area contributed by atoms with Crippen LogP contribution in [0, 0.1) is 11.2 Å². The zero-order chi connectivity index (χ0) is 28.5. The molecule has 3 atom stereocenters. The van der Waals surface area contributed by atoms with Crippen molar-refractivity contribution in [3.63, 3.8) is 0 Å². The van der Waals surface area contributed by atoms with Crippen LogP contribution in [0.2, 0.25) is 5.02 Å². The Bertz CT molecular complexity index is 1780. The SMILES string of the molecule is COc1cccc(C(=O)[C@H]2[C@H](c3cccc(Cl)c3)C3(C(=O)c4ccccc4C3=O)C3C=Cc4cc(F)ccc4N32)c1. The fourth-order valence-corrected chi connectivity index (χ4v) is 7.17. The number of benzene rings is 4. The van der Waals surface area contributed by atoms with Crippen molar-refractivity contribution in [2.45, 2.75) is 18.0 Å². The molecule has 1 unspecified atom stereocenters. The molecule has 0 radical (unpaired) electrons. The highest BCUT2D eigenvalue weighted by atomic mass is 35.5. The van der Waals surface area contributed by atoms with Gasteiger partial charge in [-0.2, -0.15) is 0 Å². The van der Waals surface area contributed by atoms with Crippen molar-refractivity contribution in [1.29, 1.82) is 0 Å². The van der Waals surface area contributed by atoms with Gasteiger partial charge in [0.2, 0.25) is 0 Å². The number of halogens is 2. The number of hydrogen-bond donors (Lipinski definition) is 0. The Balaban J connectivity index is 1.55. The molecule has 2 aliphatic heterocycles. The standard InChI is InChI=1S/C34H23ClFNO4/c1-41-24-9-5-7-21(18-24)31(38)30-29(20-6-4-8-22(35)16-20)34(32(39)25-10-2-3-11-26(25)33(34)40)28-15-12-19-17-23(36)13-14-27(19)37(28)30/h2-18,28-30H,1H3/t28?,29-,30+/m0/s1. The molecule has 0 N–H and O–H groups in total. The zero-order valence-corrected chi connectivity index (χ0v) is 22.6. The Morgan fingerprint density at radius 3 is 2.34 bits per heavy atom. The van der Waals surface area contributed by atoms with Gasteiger partial charge in [0.25, 0.3) is 0 Å². The van der Waals surface area contributed by atoms with Crippen molar-refractivity contribution in [3.05, 3.63) is 136 Å². The summed E-state index contributed by atoms with van der Waals surface area (Å²) in [6.45, 7) is 0. The van der Waals surface area contributed by atoms with E-state index in [9.17, 15) is 18.8 Å². The molecule has 1 spiro atoms. The summed E-state index contributed by atoms with van der Waals surface area (Å²) >= 11 is 6.47. The maximum atomic E-state index is 14.7. The second-order valence-corrected chi connectivity index (χ2v) is 11.0. The van der Waals surface area contributed by atoms with E-state index in [1.54, 1.807) is 91.0 Å². The summed E-state index contributed by atoms with van der Waals surface area (Å²) in [4.78, 5) is 45.8. The van der Waals surface area contributed by atoms with Crippen molar-refractivity contribution in [3.8, 4) is 5.75 Å². The number of ketones is 3. The van der Waals surface area contributed by atoms with Gasteiger partial charge in [-0.05, 0) is 48.0 Å². The van der Waals surface area contributed by atoms with Crippen LogP contribution in [0.15, 0.2) is 97.1 Å². The van der Waals surface area contributed by atoms with E-state index in [-0.39, 0.29) is 17.3 Å². The van der Waals surface area contributed by atoms with E-state index in [4.69, 9.17) is 16.3 Å². The van der Waals surface area contributed by atoms with Crippen LogP contribution >= 0.6 is 11.6 Å². The van der Waals surface area contributed by atoms with Crippen molar-refractivity contribution in [2.75, 3.05) is 12.0 Å². The zero-order valence-electron chi connectivity index (χ0n) is 21.9. The number of carbonyl (C=O) groups is 3. The molecule has 4 aromatic rings. The molecule has 0 amide bonds. The summed E-state index contributed by atoms with van der Waals surface area (Å²) in [6.07, 6.45) is 3.50. The number of anilines is 1. The van der Waals surface area contributed by atoms with Gasteiger partial charge in [0.05, 0.1) is 13.2 Å². The van der Waals surface area contributed by atoms with Crippen molar-refractivity contribution in [1.82, 2.24) is 0 Å². The van der Waals surface area contributed by atoms with Crippen molar-refractivity contribution in [2.24, 2.45) is 5.41 Å². The van der Waals surface area contributed by atoms with Crippen LogP contribution in [-0.2, 0) is 0 Å². The molecule has 1 fully saturated rings. The summed E-state index contributed by atoms with van der Waals surface area (Å²) in [6, 6.07) is 23.1. The molecule has 202 valence electrons. The number of methoxy groups -OCH3 is 1. The topological polar surface area (TPSA) is 63.7 Å². The van der Waals surface area contributed by atoms with E-state index in [1.807, 2.05) is 4.90 Å². The van der Waals surface area contributed by atoms with Crippen LogP contribution < -0.4 is 9.64 Å². The van der Waals surface area contributed by atoms with Crippen LogP contribution in [0.4, 0.5) is 10.1 Å². The lowest BCUT2D eigenvalue weighted by molar-refractivity contribution is 0.0666. The fourth-order valence-electron chi connectivity index (χ4n) is 6.97. The maximum absolute atomic E-state index is 14.7. The lowest BCUT2D eigenvalue weighted by atomic mass is 9.64. The van der Waals surface area contributed by atoms with Gasteiger partial charge < -0.3 is 9.64 Å². The first-order valence-electron chi connectivity index (χ1n) is 13.2. The third-order valence-electron chi connectivity index (χ3n) is 8.60. The first-order valence-corrected chi connectivity index (χ1v) is 13.6. The minimum absolute atomic E-state index is 0.294.